The Bertz CT molecular complexity index is 727. The minimum absolute atomic E-state index is 0.346. The minimum atomic E-state index is -0.346. The Kier molecular flexibility index (Phi) is 3.42. The molecule has 0 N–H and O–H groups in total. The molecule has 20 heavy (non-hydrogen) atoms. The summed E-state index contributed by atoms with van der Waals surface area (Å²) in [5, 5.41) is 19.5. The molecule has 0 saturated carbocycles. The summed E-state index contributed by atoms with van der Waals surface area (Å²) >= 11 is 1.33. The van der Waals surface area contributed by atoms with Gasteiger partial charge in [-0.05, 0) is 28.6 Å². The highest BCUT2D eigenvalue weighted by Gasteiger charge is 2.11. The molecule has 0 aliphatic rings. The maximum atomic E-state index is 13.2. The number of tetrazole rings is 1. The van der Waals surface area contributed by atoms with Gasteiger partial charge in [0.05, 0.1) is 11.4 Å². The molecule has 3 aromatic rings. The fourth-order valence-electron chi connectivity index (χ4n) is 1.56. The van der Waals surface area contributed by atoms with Gasteiger partial charge in [0.1, 0.15) is 5.82 Å². The quantitative estimate of drug-likeness (QED) is 0.678. The van der Waals surface area contributed by atoms with Crippen LogP contribution < -0.4 is 0 Å². The Morgan fingerprint density at radius 3 is 2.95 bits per heavy atom. The van der Waals surface area contributed by atoms with Gasteiger partial charge in [-0.15, -0.1) is 15.3 Å². The van der Waals surface area contributed by atoms with E-state index >= 15 is 0 Å². The molecule has 3 rings (SSSR count). The van der Waals surface area contributed by atoms with E-state index in [-0.39, 0.29) is 5.82 Å². The SMILES string of the molecule is Cc1nnc(CSc2nnnn2-c2cccc(F)c2)o1. The number of halogens is 1. The summed E-state index contributed by atoms with van der Waals surface area (Å²) in [6.07, 6.45) is 0. The van der Waals surface area contributed by atoms with Crippen LogP contribution in [-0.4, -0.2) is 30.4 Å². The Balaban J connectivity index is 1.80. The van der Waals surface area contributed by atoms with E-state index in [4.69, 9.17) is 4.42 Å². The van der Waals surface area contributed by atoms with Gasteiger partial charge in [-0.1, -0.05) is 17.8 Å². The van der Waals surface area contributed by atoms with Crippen LogP contribution in [0, 0.1) is 12.7 Å². The van der Waals surface area contributed by atoms with Gasteiger partial charge in [0, 0.05) is 6.92 Å². The summed E-state index contributed by atoms with van der Waals surface area (Å²) in [6.45, 7) is 1.72. The molecule has 0 fully saturated rings. The van der Waals surface area contributed by atoms with E-state index in [1.807, 2.05) is 0 Å². The predicted octanol–water partition coefficient (Wildman–Crippen LogP) is 1.79. The van der Waals surface area contributed by atoms with Crippen molar-refractivity contribution >= 4 is 11.8 Å². The molecule has 7 nitrogen and oxygen atoms in total. The van der Waals surface area contributed by atoms with Crippen LogP contribution in [0.5, 0.6) is 0 Å². The van der Waals surface area contributed by atoms with Gasteiger partial charge in [0.2, 0.25) is 16.9 Å². The van der Waals surface area contributed by atoms with Gasteiger partial charge < -0.3 is 4.42 Å². The third kappa shape index (κ3) is 2.67. The number of aryl methyl sites for hydroxylation is 1. The monoisotopic (exact) mass is 292 g/mol. The summed E-state index contributed by atoms with van der Waals surface area (Å²) in [7, 11) is 0. The lowest BCUT2D eigenvalue weighted by molar-refractivity contribution is 0.485. The summed E-state index contributed by atoms with van der Waals surface area (Å²) in [5.74, 6) is 1.09. The van der Waals surface area contributed by atoms with Crippen LogP contribution in [0.1, 0.15) is 11.8 Å². The molecular formula is C11H9FN6OS. The molecular weight excluding hydrogens is 283 g/mol. The average Bonchev–Trinajstić information content (AvgIpc) is 3.05. The van der Waals surface area contributed by atoms with Crippen LogP contribution in [0.3, 0.4) is 0 Å². The number of nitrogens with zero attached hydrogens (tertiary/aromatic N) is 6. The molecule has 0 aliphatic carbocycles. The van der Waals surface area contributed by atoms with Crippen LogP contribution in [0.15, 0.2) is 33.8 Å². The molecule has 0 unspecified atom stereocenters. The molecule has 1 aromatic carbocycles. The van der Waals surface area contributed by atoms with Gasteiger partial charge in [0.25, 0.3) is 0 Å². The van der Waals surface area contributed by atoms with Crippen molar-refractivity contribution in [3.63, 3.8) is 0 Å². The standard InChI is InChI=1S/C11H9FN6OS/c1-7-13-14-10(19-7)6-20-11-15-16-17-18(11)9-4-2-3-8(12)5-9/h2-5H,6H2,1H3. The second kappa shape index (κ2) is 5.37. The van der Waals surface area contributed by atoms with Gasteiger partial charge in [-0.25, -0.2) is 4.39 Å². The number of rotatable bonds is 4. The lowest BCUT2D eigenvalue weighted by Crippen LogP contribution is -1.99. The zero-order valence-corrected chi connectivity index (χ0v) is 11.2. The van der Waals surface area contributed by atoms with Crippen molar-refractivity contribution in [2.75, 3.05) is 0 Å². The summed E-state index contributed by atoms with van der Waals surface area (Å²) in [6, 6.07) is 6.04. The van der Waals surface area contributed by atoms with Crippen molar-refractivity contribution in [2.45, 2.75) is 17.8 Å². The Morgan fingerprint density at radius 2 is 2.20 bits per heavy atom. The van der Waals surface area contributed by atoms with Crippen molar-refractivity contribution in [3.05, 3.63) is 41.9 Å². The molecule has 2 heterocycles. The Morgan fingerprint density at radius 1 is 1.30 bits per heavy atom. The molecule has 102 valence electrons. The lowest BCUT2D eigenvalue weighted by atomic mass is 10.3. The van der Waals surface area contributed by atoms with Crippen molar-refractivity contribution in [2.24, 2.45) is 0 Å². The van der Waals surface area contributed by atoms with E-state index in [2.05, 4.69) is 25.7 Å². The van der Waals surface area contributed by atoms with Crippen LogP contribution in [0.25, 0.3) is 5.69 Å². The minimum Gasteiger partial charge on any atom is -0.425 e. The maximum Gasteiger partial charge on any atom is 0.226 e. The fraction of sp³-hybridized carbons (Fsp3) is 0.182. The second-order valence-electron chi connectivity index (χ2n) is 3.86. The summed E-state index contributed by atoms with van der Waals surface area (Å²) in [4.78, 5) is 0. The van der Waals surface area contributed by atoms with E-state index in [0.29, 0.717) is 28.4 Å². The fourth-order valence-corrected chi connectivity index (χ4v) is 2.29. The third-order valence-corrected chi connectivity index (χ3v) is 3.29. The Labute approximate surface area is 117 Å². The summed E-state index contributed by atoms with van der Waals surface area (Å²) < 4.78 is 19.9. The normalized spacial score (nSPS) is 10.9. The van der Waals surface area contributed by atoms with Gasteiger partial charge >= 0.3 is 0 Å². The first-order chi connectivity index (χ1) is 9.72. The van der Waals surface area contributed by atoms with Crippen LogP contribution in [0.2, 0.25) is 0 Å². The zero-order valence-electron chi connectivity index (χ0n) is 10.4. The number of thioether (sulfide) groups is 1. The third-order valence-electron chi connectivity index (χ3n) is 2.39. The zero-order chi connectivity index (χ0) is 13.9. The van der Waals surface area contributed by atoms with Gasteiger partial charge in [0.15, 0.2) is 0 Å². The van der Waals surface area contributed by atoms with Gasteiger partial charge in [-0.2, -0.15) is 4.68 Å². The number of aromatic nitrogens is 6. The topological polar surface area (TPSA) is 82.5 Å². The van der Waals surface area contributed by atoms with Crippen molar-refractivity contribution in [1.29, 1.82) is 0 Å². The smallest absolute Gasteiger partial charge is 0.226 e. The van der Waals surface area contributed by atoms with E-state index in [1.165, 1.54) is 28.6 Å². The highest BCUT2D eigenvalue weighted by Crippen LogP contribution is 2.22. The number of hydrogen-bond donors (Lipinski definition) is 0. The lowest BCUT2D eigenvalue weighted by Gasteiger charge is -2.02. The molecule has 0 atom stereocenters. The highest BCUT2D eigenvalue weighted by molar-refractivity contribution is 7.98. The second-order valence-corrected chi connectivity index (χ2v) is 4.80. The molecule has 0 bridgehead atoms. The predicted molar refractivity (Wildman–Crippen MR) is 67.7 cm³/mol. The van der Waals surface area contributed by atoms with E-state index in [1.54, 1.807) is 19.1 Å². The van der Waals surface area contributed by atoms with Gasteiger partial charge in [-0.3, -0.25) is 0 Å². The van der Waals surface area contributed by atoms with Crippen molar-refractivity contribution in [1.82, 2.24) is 30.4 Å². The van der Waals surface area contributed by atoms with E-state index in [9.17, 15) is 4.39 Å². The first-order valence-corrected chi connectivity index (χ1v) is 6.67. The molecule has 0 spiro atoms. The molecule has 0 radical (unpaired) electrons. The van der Waals surface area contributed by atoms with Crippen LogP contribution in [-0.2, 0) is 5.75 Å². The highest BCUT2D eigenvalue weighted by atomic mass is 32.2. The van der Waals surface area contributed by atoms with Crippen LogP contribution in [0.4, 0.5) is 4.39 Å². The average molecular weight is 292 g/mol. The van der Waals surface area contributed by atoms with Crippen molar-refractivity contribution < 1.29 is 8.81 Å². The van der Waals surface area contributed by atoms with Crippen LogP contribution >= 0.6 is 11.8 Å². The molecule has 2 aromatic heterocycles. The first-order valence-electron chi connectivity index (χ1n) is 5.68. The number of hydrogen-bond acceptors (Lipinski definition) is 7. The summed E-state index contributed by atoms with van der Waals surface area (Å²) in [5.41, 5.74) is 0.555. The Hall–Kier alpha value is -2.29. The maximum absolute atomic E-state index is 13.2. The molecule has 0 aliphatic heterocycles. The molecule has 0 saturated heterocycles. The van der Waals surface area contributed by atoms with E-state index < -0.39 is 0 Å². The van der Waals surface area contributed by atoms with E-state index in [0.717, 1.165) is 0 Å². The largest absolute Gasteiger partial charge is 0.425 e. The number of benzene rings is 1. The van der Waals surface area contributed by atoms with Crippen molar-refractivity contribution in [3.8, 4) is 5.69 Å². The molecule has 9 heteroatoms. The first kappa shape index (κ1) is 12.7. The molecule has 0 amide bonds.